The largest absolute Gasteiger partial charge is 0.357 e. The highest BCUT2D eigenvalue weighted by Crippen LogP contribution is 2.36. The molecule has 0 aliphatic carbocycles. The minimum atomic E-state index is -0.509. The van der Waals surface area contributed by atoms with E-state index in [1.165, 1.54) is 0 Å². The average molecular weight is 461 g/mol. The van der Waals surface area contributed by atoms with Gasteiger partial charge in [0.25, 0.3) is 0 Å². The van der Waals surface area contributed by atoms with E-state index < -0.39 is 5.66 Å². The summed E-state index contributed by atoms with van der Waals surface area (Å²) in [5.41, 5.74) is 1.69. The molecule has 3 aliphatic heterocycles. The minimum absolute atomic E-state index is 0.0593. The first-order valence-corrected chi connectivity index (χ1v) is 11.7. The number of benzene rings is 1. The standard InChI is InChI=1S/C25H28N6O3/c1-17(2)22-23(32)31(15-19-5-3-4-18(12-19)13-26)25(28-22)7-10-29(11-8-25)24(33)30-9-6-21-20(16-30)14-27-34-21/h3-6,12,14,16-17,22,28H,7-11,15H2,1-2H3. The van der Waals surface area contributed by atoms with Gasteiger partial charge in [0.2, 0.25) is 5.91 Å². The summed E-state index contributed by atoms with van der Waals surface area (Å²) >= 11 is 0. The number of nitrogens with zero attached hydrogens (tertiary/aromatic N) is 5. The maximum atomic E-state index is 13.4. The summed E-state index contributed by atoms with van der Waals surface area (Å²) in [6.07, 6.45) is 6.52. The molecule has 0 radical (unpaired) electrons. The predicted octanol–water partition coefficient (Wildman–Crippen LogP) is 0.949. The van der Waals surface area contributed by atoms with Gasteiger partial charge in [-0.1, -0.05) is 31.1 Å². The zero-order chi connectivity index (χ0) is 23.9. The third-order valence-electron chi connectivity index (χ3n) is 7.04. The van der Waals surface area contributed by atoms with Gasteiger partial charge in [-0.15, -0.1) is 0 Å². The normalized spacial score (nSPS) is 21.3. The van der Waals surface area contributed by atoms with Crippen LogP contribution in [0.15, 0.2) is 35.0 Å². The molecule has 1 N–H and O–H groups in total. The van der Waals surface area contributed by atoms with E-state index in [2.05, 4.69) is 16.5 Å². The summed E-state index contributed by atoms with van der Waals surface area (Å²) in [5.74, 6) is 0.229. The highest BCUT2D eigenvalue weighted by molar-refractivity contribution is 5.85. The molecule has 0 saturated carbocycles. The summed E-state index contributed by atoms with van der Waals surface area (Å²) in [7, 11) is 0. The molecule has 3 aliphatic rings. The van der Waals surface area contributed by atoms with Crippen LogP contribution in [0.4, 0.5) is 4.79 Å². The van der Waals surface area contributed by atoms with Crippen LogP contribution in [-0.2, 0) is 11.3 Å². The van der Waals surface area contributed by atoms with Gasteiger partial charge in [0.05, 0.1) is 34.8 Å². The number of fused-ring (bicyclic) bond motifs is 1. The van der Waals surface area contributed by atoms with E-state index in [0.717, 1.165) is 10.8 Å². The number of hydrogen-bond donors (Lipinski definition) is 1. The van der Waals surface area contributed by atoms with Crippen molar-refractivity contribution in [1.29, 1.82) is 5.26 Å². The first-order valence-electron chi connectivity index (χ1n) is 11.7. The van der Waals surface area contributed by atoms with Gasteiger partial charge in [0.15, 0.2) is 5.42 Å². The van der Waals surface area contributed by atoms with Gasteiger partial charge >= 0.3 is 6.03 Å². The first-order chi connectivity index (χ1) is 16.4. The van der Waals surface area contributed by atoms with Crippen LogP contribution in [0.1, 0.15) is 37.8 Å². The molecule has 9 nitrogen and oxygen atoms in total. The number of nitriles is 1. The number of nitrogens with one attached hydrogen (secondary N) is 1. The number of piperidine rings is 1. The van der Waals surface area contributed by atoms with Crippen LogP contribution in [0, 0.1) is 17.2 Å². The van der Waals surface area contributed by atoms with Gasteiger partial charge in [-0.05, 0) is 29.7 Å². The maximum absolute atomic E-state index is 13.4. The van der Waals surface area contributed by atoms with Crippen molar-refractivity contribution >= 4 is 24.2 Å². The molecule has 34 heavy (non-hydrogen) atoms. The van der Waals surface area contributed by atoms with Gasteiger partial charge in [0.1, 0.15) is 0 Å². The van der Waals surface area contributed by atoms with E-state index in [9.17, 15) is 14.9 Å². The smallest absolute Gasteiger partial charge is 0.324 e. The Morgan fingerprint density at radius 3 is 2.88 bits per heavy atom. The SMILES string of the molecule is CC(C)C1NC2(CCN(C(=O)N3C=c4cnoc4=CC3)CC2)N(Cc2cccc(C#N)c2)C1=O. The lowest BCUT2D eigenvalue weighted by Gasteiger charge is -2.45. The van der Waals surface area contributed by atoms with Crippen molar-refractivity contribution in [3.8, 4) is 6.07 Å². The van der Waals surface area contributed by atoms with Crippen LogP contribution in [0.5, 0.6) is 0 Å². The van der Waals surface area contributed by atoms with Gasteiger partial charge in [0, 0.05) is 45.2 Å². The van der Waals surface area contributed by atoms with Crippen LogP contribution < -0.4 is 16.0 Å². The van der Waals surface area contributed by atoms with Gasteiger partial charge in [-0.2, -0.15) is 5.26 Å². The van der Waals surface area contributed by atoms with Crippen LogP contribution in [0.25, 0.3) is 12.3 Å². The lowest BCUT2D eigenvalue weighted by Crippen LogP contribution is -2.60. The number of carbonyl (C=O) groups excluding carboxylic acids is 2. The maximum Gasteiger partial charge on any atom is 0.324 e. The molecule has 0 bridgehead atoms. The lowest BCUT2D eigenvalue weighted by atomic mass is 9.95. The second kappa shape index (κ2) is 8.61. The molecule has 1 atom stereocenters. The van der Waals surface area contributed by atoms with Crippen LogP contribution in [0.3, 0.4) is 0 Å². The summed E-state index contributed by atoms with van der Waals surface area (Å²) in [5, 5.41) is 17.5. The fourth-order valence-corrected chi connectivity index (χ4v) is 5.12. The van der Waals surface area contributed by atoms with E-state index in [1.807, 2.05) is 47.9 Å². The van der Waals surface area contributed by atoms with E-state index >= 15 is 0 Å². The molecule has 1 unspecified atom stereocenters. The number of aromatic nitrogens is 1. The molecular weight excluding hydrogens is 432 g/mol. The zero-order valence-electron chi connectivity index (χ0n) is 19.4. The third-order valence-corrected chi connectivity index (χ3v) is 7.04. The predicted molar refractivity (Wildman–Crippen MR) is 124 cm³/mol. The Kier molecular flexibility index (Phi) is 5.62. The van der Waals surface area contributed by atoms with Crippen molar-refractivity contribution in [1.82, 2.24) is 25.2 Å². The molecule has 1 aromatic carbocycles. The topological polar surface area (TPSA) is 106 Å². The fourth-order valence-electron chi connectivity index (χ4n) is 5.12. The monoisotopic (exact) mass is 460 g/mol. The summed E-state index contributed by atoms with van der Waals surface area (Å²) in [6.45, 7) is 6.05. The van der Waals surface area contributed by atoms with Crippen LogP contribution in [-0.4, -0.2) is 63.1 Å². The molecule has 5 rings (SSSR count). The van der Waals surface area contributed by atoms with Crippen molar-refractivity contribution < 1.29 is 14.1 Å². The van der Waals surface area contributed by atoms with Crippen LogP contribution >= 0.6 is 0 Å². The van der Waals surface area contributed by atoms with Gasteiger partial charge < -0.3 is 14.3 Å². The van der Waals surface area contributed by atoms with E-state index in [0.29, 0.717) is 50.0 Å². The van der Waals surface area contributed by atoms with Crippen molar-refractivity contribution in [2.75, 3.05) is 19.6 Å². The quantitative estimate of drug-likeness (QED) is 0.731. The molecule has 2 saturated heterocycles. The Morgan fingerprint density at radius 2 is 2.15 bits per heavy atom. The molecule has 3 amide bonds. The molecule has 9 heteroatoms. The molecule has 1 spiro atoms. The first kappa shape index (κ1) is 22.2. The molecule has 4 heterocycles. The van der Waals surface area contributed by atoms with E-state index in [-0.39, 0.29) is 23.9 Å². The second-order valence-corrected chi connectivity index (χ2v) is 9.53. The molecule has 1 aromatic heterocycles. The molecular formula is C25H28N6O3. The second-order valence-electron chi connectivity index (χ2n) is 9.53. The minimum Gasteiger partial charge on any atom is -0.357 e. The average Bonchev–Trinajstić information content (AvgIpc) is 3.42. The van der Waals surface area contributed by atoms with Gasteiger partial charge in [-0.3, -0.25) is 15.0 Å². The summed E-state index contributed by atoms with van der Waals surface area (Å²) < 4.78 is 5.16. The Morgan fingerprint density at radius 1 is 1.35 bits per heavy atom. The molecule has 2 aromatic rings. The molecule has 2 fully saturated rings. The number of hydrogen-bond acceptors (Lipinski definition) is 6. The van der Waals surface area contributed by atoms with Crippen molar-refractivity contribution in [3.05, 3.63) is 52.2 Å². The van der Waals surface area contributed by atoms with Gasteiger partial charge in [-0.25, -0.2) is 4.79 Å². The third kappa shape index (κ3) is 3.84. The highest BCUT2D eigenvalue weighted by Gasteiger charge is 2.52. The Labute approximate surface area is 197 Å². The highest BCUT2D eigenvalue weighted by atomic mass is 16.5. The summed E-state index contributed by atoms with van der Waals surface area (Å²) in [6, 6.07) is 9.25. The van der Waals surface area contributed by atoms with E-state index in [1.54, 1.807) is 23.4 Å². The number of likely N-dealkylation sites (tertiary alicyclic amines) is 1. The van der Waals surface area contributed by atoms with Crippen molar-refractivity contribution in [3.63, 3.8) is 0 Å². The lowest BCUT2D eigenvalue weighted by molar-refractivity contribution is -0.134. The van der Waals surface area contributed by atoms with Crippen molar-refractivity contribution in [2.24, 2.45) is 5.92 Å². The zero-order valence-corrected chi connectivity index (χ0v) is 19.4. The Bertz CT molecular complexity index is 1270. The number of carbonyl (C=O) groups is 2. The number of rotatable bonds is 3. The van der Waals surface area contributed by atoms with E-state index in [4.69, 9.17) is 4.52 Å². The fraction of sp³-hybridized carbons (Fsp3) is 0.440. The Hall–Kier alpha value is -3.64. The number of amides is 3. The van der Waals surface area contributed by atoms with Crippen molar-refractivity contribution in [2.45, 2.75) is 44.9 Å². The summed E-state index contributed by atoms with van der Waals surface area (Å²) in [4.78, 5) is 32.1. The Balaban J connectivity index is 1.34. The van der Waals surface area contributed by atoms with Crippen LogP contribution in [0.2, 0.25) is 0 Å². The number of urea groups is 1. The molecule has 176 valence electrons.